The topological polar surface area (TPSA) is 49.4 Å². The third kappa shape index (κ3) is 4.51. The second-order valence-corrected chi connectivity index (χ2v) is 6.66. The van der Waals surface area contributed by atoms with E-state index in [2.05, 4.69) is 12.2 Å². The van der Waals surface area contributed by atoms with Gasteiger partial charge in [0.2, 0.25) is 11.8 Å². The first-order valence-corrected chi connectivity index (χ1v) is 7.35. The van der Waals surface area contributed by atoms with Crippen molar-refractivity contribution >= 4 is 11.8 Å². The molecule has 0 aromatic carbocycles. The molecule has 2 amide bonds. The van der Waals surface area contributed by atoms with E-state index in [0.717, 1.165) is 25.8 Å². The Kier molecular flexibility index (Phi) is 5.39. The van der Waals surface area contributed by atoms with Crippen LogP contribution in [0.3, 0.4) is 0 Å². The van der Waals surface area contributed by atoms with E-state index in [-0.39, 0.29) is 29.2 Å². The molecule has 0 saturated carbocycles. The van der Waals surface area contributed by atoms with Gasteiger partial charge in [0, 0.05) is 24.5 Å². The summed E-state index contributed by atoms with van der Waals surface area (Å²) in [5.74, 6) is 0.198. The lowest BCUT2D eigenvalue weighted by Crippen LogP contribution is -2.49. The average Bonchev–Trinajstić information content (AvgIpc) is 2.36. The van der Waals surface area contributed by atoms with Crippen LogP contribution in [0.5, 0.6) is 0 Å². The number of nitrogens with one attached hydrogen (secondary N) is 1. The molecule has 1 rings (SSSR count). The lowest BCUT2D eigenvalue weighted by Gasteiger charge is -2.36. The van der Waals surface area contributed by atoms with Gasteiger partial charge in [-0.25, -0.2) is 0 Å². The first-order chi connectivity index (χ1) is 8.75. The first-order valence-electron chi connectivity index (χ1n) is 7.35. The van der Waals surface area contributed by atoms with E-state index in [9.17, 15) is 9.59 Å². The number of rotatable bonds is 3. The molecule has 1 saturated heterocycles. The molecule has 1 aliphatic rings. The van der Waals surface area contributed by atoms with E-state index in [1.165, 1.54) is 0 Å². The Morgan fingerprint density at radius 3 is 2.53 bits per heavy atom. The van der Waals surface area contributed by atoms with Gasteiger partial charge >= 0.3 is 0 Å². The Labute approximate surface area is 116 Å². The van der Waals surface area contributed by atoms with Crippen LogP contribution in [0.4, 0.5) is 0 Å². The third-order valence-electron chi connectivity index (χ3n) is 3.72. The van der Waals surface area contributed by atoms with Crippen LogP contribution in [0.2, 0.25) is 0 Å². The molecule has 4 nitrogen and oxygen atoms in total. The molecule has 0 aromatic rings. The molecule has 0 unspecified atom stereocenters. The normalized spacial score (nSPS) is 21.9. The van der Waals surface area contributed by atoms with Crippen molar-refractivity contribution in [1.29, 1.82) is 0 Å². The van der Waals surface area contributed by atoms with Crippen LogP contribution < -0.4 is 5.32 Å². The molecule has 0 spiro atoms. The minimum atomic E-state index is -0.366. The molecule has 1 fully saturated rings. The SMILES string of the molecule is CC[C@H](C)NC(=O)[C@@H]1CCCN(C(=O)C(C)(C)C)C1. The van der Waals surface area contributed by atoms with Gasteiger partial charge in [0.1, 0.15) is 0 Å². The molecule has 0 bridgehead atoms. The summed E-state index contributed by atoms with van der Waals surface area (Å²) in [6, 6.07) is 0.209. The molecule has 0 aromatic heterocycles. The molecule has 110 valence electrons. The van der Waals surface area contributed by atoms with Crippen LogP contribution in [0.1, 0.15) is 53.9 Å². The number of likely N-dealkylation sites (tertiary alicyclic amines) is 1. The lowest BCUT2D eigenvalue weighted by atomic mass is 9.91. The fourth-order valence-corrected chi connectivity index (χ4v) is 2.31. The summed E-state index contributed by atoms with van der Waals surface area (Å²) in [6.45, 7) is 11.2. The van der Waals surface area contributed by atoms with Crippen LogP contribution in [-0.2, 0) is 9.59 Å². The molecule has 0 aliphatic carbocycles. The number of hydrogen-bond donors (Lipinski definition) is 1. The fraction of sp³-hybridized carbons (Fsp3) is 0.867. The van der Waals surface area contributed by atoms with Crippen LogP contribution in [0.15, 0.2) is 0 Å². The van der Waals surface area contributed by atoms with Gasteiger partial charge in [-0.15, -0.1) is 0 Å². The van der Waals surface area contributed by atoms with Gasteiger partial charge in [-0.2, -0.15) is 0 Å². The fourth-order valence-electron chi connectivity index (χ4n) is 2.31. The first kappa shape index (κ1) is 16.0. The van der Waals surface area contributed by atoms with Gasteiger partial charge < -0.3 is 10.2 Å². The standard InChI is InChI=1S/C15H28N2O2/c1-6-11(2)16-13(18)12-8-7-9-17(10-12)14(19)15(3,4)5/h11-12H,6-10H2,1-5H3,(H,16,18)/t11-,12+/m0/s1. The summed E-state index contributed by atoms with van der Waals surface area (Å²) in [5.41, 5.74) is -0.366. The van der Waals surface area contributed by atoms with Gasteiger partial charge in [-0.1, -0.05) is 27.7 Å². The third-order valence-corrected chi connectivity index (χ3v) is 3.72. The number of piperidine rings is 1. The van der Waals surface area contributed by atoms with Crippen LogP contribution >= 0.6 is 0 Å². The molecule has 1 N–H and O–H groups in total. The van der Waals surface area contributed by atoms with Crippen molar-refractivity contribution in [1.82, 2.24) is 10.2 Å². The molecular formula is C15H28N2O2. The summed E-state index contributed by atoms with van der Waals surface area (Å²) in [6.07, 6.45) is 2.74. The second kappa shape index (κ2) is 6.40. The smallest absolute Gasteiger partial charge is 0.227 e. The zero-order valence-corrected chi connectivity index (χ0v) is 13.0. The Hall–Kier alpha value is -1.06. The summed E-state index contributed by atoms with van der Waals surface area (Å²) in [5, 5.41) is 3.02. The summed E-state index contributed by atoms with van der Waals surface area (Å²) in [4.78, 5) is 26.2. The van der Waals surface area contributed by atoms with Crippen LogP contribution in [0, 0.1) is 11.3 Å². The zero-order valence-electron chi connectivity index (χ0n) is 13.0. The molecule has 1 aliphatic heterocycles. The Morgan fingerprint density at radius 1 is 1.37 bits per heavy atom. The van der Waals surface area contributed by atoms with Crippen molar-refractivity contribution in [3.63, 3.8) is 0 Å². The number of nitrogens with zero attached hydrogens (tertiary/aromatic N) is 1. The van der Waals surface area contributed by atoms with E-state index in [1.54, 1.807) is 0 Å². The minimum Gasteiger partial charge on any atom is -0.353 e. The number of hydrogen-bond acceptors (Lipinski definition) is 2. The predicted molar refractivity (Wildman–Crippen MR) is 76.7 cm³/mol. The predicted octanol–water partition coefficient (Wildman–Crippen LogP) is 2.19. The largest absolute Gasteiger partial charge is 0.353 e. The van der Waals surface area contributed by atoms with E-state index in [1.807, 2.05) is 32.6 Å². The van der Waals surface area contributed by atoms with Crippen LogP contribution in [0.25, 0.3) is 0 Å². The molecular weight excluding hydrogens is 240 g/mol. The second-order valence-electron chi connectivity index (χ2n) is 6.66. The van der Waals surface area contributed by atoms with Crippen LogP contribution in [-0.4, -0.2) is 35.8 Å². The number of carbonyl (C=O) groups is 2. The number of amides is 2. The maximum Gasteiger partial charge on any atom is 0.227 e. The number of carbonyl (C=O) groups excluding carboxylic acids is 2. The van der Waals surface area contributed by atoms with Gasteiger partial charge in [0.05, 0.1) is 5.92 Å². The molecule has 4 heteroatoms. The van der Waals surface area contributed by atoms with Gasteiger partial charge in [-0.05, 0) is 26.2 Å². The molecule has 19 heavy (non-hydrogen) atoms. The monoisotopic (exact) mass is 268 g/mol. The Bertz CT molecular complexity index is 334. The van der Waals surface area contributed by atoms with E-state index >= 15 is 0 Å². The van der Waals surface area contributed by atoms with Crippen molar-refractivity contribution < 1.29 is 9.59 Å². The summed E-state index contributed by atoms with van der Waals surface area (Å²) >= 11 is 0. The Balaban J connectivity index is 2.60. The van der Waals surface area contributed by atoms with Crippen molar-refractivity contribution in [2.24, 2.45) is 11.3 Å². The summed E-state index contributed by atoms with van der Waals surface area (Å²) in [7, 11) is 0. The van der Waals surface area contributed by atoms with Crippen molar-refractivity contribution in [2.45, 2.75) is 59.9 Å². The average molecular weight is 268 g/mol. The van der Waals surface area contributed by atoms with Gasteiger partial charge in [0.15, 0.2) is 0 Å². The molecule has 2 atom stereocenters. The quantitative estimate of drug-likeness (QED) is 0.853. The maximum absolute atomic E-state index is 12.3. The Morgan fingerprint density at radius 2 is 2.00 bits per heavy atom. The summed E-state index contributed by atoms with van der Waals surface area (Å²) < 4.78 is 0. The highest BCUT2D eigenvalue weighted by molar-refractivity contribution is 5.84. The van der Waals surface area contributed by atoms with Gasteiger partial charge in [-0.3, -0.25) is 9.59 Å². The highest BCUT2D eigenvalue weighted by Crippen LogP contribution is 2.23. The van der Waals surface area contributed by atoms with Gasteiger partial charge in [0.25, 0.3) is 0 Å². The van der Waals surface area contributed by atoms with Crippen molar-refractivity contribution in [3.8, 4) is 0 Å². The van der Waals surface area contributed by atoms with Crippen molar-refractivity contribution in [3.05, 3.63) is 0 Å². The minimum absolute atomic E-state index is 0.0472. The zero-order chi connectivity index (χ0) is 14.6. The molecule has 1 heterocycles. The highest BCUT2D eigenvalue weighted by Gasteiger charge is 2.33. The van der Waals surface area contributed by atoms with E-state index in [0.29, 0.717) is 6.54 Å². The van der Waals surface area contributed by atoms with E-state index < -0.39 is 0 Å². The molecule has 0 radical (unpaired) electrons. The maximum atomic E-state index is 12.3. The van der Waals surface area contributed by atoms with E-state index in [4.69, 9.17) is 0 Å². The lowest BCUT2D eigenvalue weighted by molar-refractivity contribution is -0.142. The van der Waals surface area contributed by atoms with Crippen molar-refractivity contribution in [2.75, 3.05) is 13.1 Å². The highest BCUT2D eigenvalue weighted by atomic mass is 16.2.